The zero-order valence-electron chi connectivity index (χ0n) is 10.9. The highest BCUT2D eigenvalue weighted by Crippen LogP contribution is 2.48. The van der Waals surface area contributed by atoms with Crippen LogP contribution in [0, 0.1) is 23.7 Å². The molecule has 2 heteroatoms. The van der Waals surface area contributed by atoms with Crippen molar-refractivity contribution < 1.29 is 0 Å². The molecule has 4 aliphatic rings. The van der Waals surface area contributed by atoms with Gasteiger partial charge in [0.2, 0.25) is 0 Å². The Morgan fingerprint density at radius 2 is 2.00 bits per heavy atom. The van der Waals surface area contributed by atoms with Crippen LogP contribution in [-0.2, 0) is 0 Å². The molecule has 17 heavy (non-hydrogen) atoms. The molecule has 4 rings (SSSR count). The molecule has 2 saturated heterocycles. The van der Waals surface area contributed by atoms with Gasteiger partial charge in [0.25, 0.3) is 0 Å². The molecule has 4 fully saturated rings. The van der Waals surface area contributed by atoms with Gasteiger partial charge in [0, 0.05) is 19.1 Å². The summed E-state index contributed by atoms with van der Waals surface area (Å²) in [5.41, 5.74) is 0. The highest BCUT2D eigenvalue weighted by Gasteiger charge is 2.41. The zero-order valence-corrected chi connectivity index (χ0v) is 10.9. The lowest BCUT2D eigenvalue weighted by atomic mass is 9.86. The summed E-state index contributed by atoms with van der Waals surface area (Å²) in [4.78, 5) is 2.81. The molecule has 96 valence electrons. The third-order valence-corrected chi connectivity index (χ3v) is 6.12. The first-order valence-electron chi connectivity index (χ1n) is 7.84. The van der Waals surface area contributed by atoms with E-state index in [0.29, 0.717) is 0 Å². The molecule has 0 aromatic rings. The second-order valence-electron chi connectivity index (χ2n) is 7.09. The zero-order chi connectivity index (χ0) is 11.2. The number of piperidine rings is 1. The van der Waals surface area contributed by atoms with E-state index in [2.05, 4.69) is 10.2 Å². The molecule has 2 bridgehead atoms. The van der Waals surface area contributed by atoms with Gasteiger partial charge in [0.1, 0.15) is 0 Å². The SMILES string of the molecule is C1CC2CN(CC3CC4CCC3C4)CCC2N1. The molecular formula is C15H26N2. The predicted octanol–water partition coefficient (Wildman–Crippen LogP) is 2.11. The highest BCUT2D eigenvalue weighted by atomic mass is 15.2. The monoisotopic (exact) mass is 234 g/mol. The molecule has 0 amide bonds. The number of hydrogen-bond acceptors (Lipinski definition) is 2. The van der Waals surface area contributed by atoms with E-state index in [1.54, 1.807) is 25.7 Å². The van der Waals surface area contributed by atoms with Crippen molar-refractivity contribution in [2.75, 3.05) is 26.2 Å². The minimum atomic E-state index is 0.867. The summed E-state index contributed by atoms with van der Waals surface area (Å²) in [7, 11) is 0. The molecule has 0 aromatic heterocycles. The molecule has 1 N–H and O–H groups in total. The minimum Gasteiger partial charge on any atom is -0.314 e. The molecular weight excluding hydrogens is 208 g/mol. The van der Waals surface area contributed by atoms with Crippen LogP contribution in [0.4, 0.5) is 0 Å². The first-order valence-corrected chi connectivity index (χ1v) is 7.84. The summed E-state index contributed by atoms with van der Waals surface area (Å²) in [6.07, 6.45) is 9.08. The van der Waals surface area contributed by atoms with Crippen LogP contribution in [0.5, 0.6) is 0 Å². The van der Waals surface area contributed by atoms with Gasteiger partial charge in [-0.2, -0.15) is 0 Å². The molecule has 2 aliphatic heterocycles. The van der Waals surface area contributed by atoms with Crippen molar-refractivity contribution in [3.05, 3.63) is 0 Å². The maximum Gasteiger partial charge on any atom is 0.0120 e. The van der Waals surface area contributed by atoms with E-state index in [9.17, 15) is 0 Å². The molecule has 0 radical (unpaired) electrons. The lowest BCUT2D eigenvalue weighted by molar-refractivity contribution is 0.124. The fourth-order valence-corrected chi connectivity index (χ4v) is 5.22. The summed E-state index contributed by atoms with van der Waals surface area (Å²) in [6, 6.07) is 0.867. The van der Waals surface area contributed by atoms with E-state index < -0.39 is 0 Å². The van der Waals surface area contributed by atoms with Gasteiger partial charge in [-0.1, -0.05) is 6.42 Å². The van der Waals surface area contributed by atoms with Crippen LogP contribution in [0.3, 0.4) is 0 Å². The van der Waals surface area contributed by atoms with Gasteiger partial charge in [-0.3, -0.25) is 0 Å². The molecule has 5 unspecified atom stereocenters. The van der Waals surface area contributed by atoms with Crippen molar-refractivity contribution >= 4 is 0 Å². The number of rotatable bonds is 2. The van der Waals surface area contributed by atoms with Crippen molar-refractivity contribution in [3.8, 4) is 0 Å². The van der Waals surface area contributed by atoms with Crippen molar-refractivity contribution in [3.63, 3.8) is 0 Å². The van der Waals surface area contributed by atoms with E-state index in [4.69, 9.17) is 0 Å². The second kappa shape index (κ2) is 4.24. The topological polar surface area (TPSA) is 15.3 Å². The van der Waals surface area contributed by atoms with Gasteiger partial charge in [-0.05, 0) is 68.9 Å². The van der Waals surface area contributed by atoms with Crippen LogP contribution in [0.2, 0.25) is 0 Å². The minimum absolute atomic E-state index is 0.867. The third-order valence-electron chi connectivity index (χ3n) is 6.12. The average Bonchev–Trinajstić information content (AvgIpc) is 3.03. The van der Waals surface area contributed by atoms with Gasteiger partial charge >= 0.3 is 0 Å². The van der Waals surface area contributed by atoms with Crippen molar-refractivity contribution in [2.24, 2.45) is 23.7 Å². The largest absolute Gasteiger partial charge is 0.314 e. The van der Waals surface area contributed by atoms with E-state index in [-0.39, 0.29) is 0 Å². The standard InChI is InChI=1S/C15H26N2/c1-2-12-7-11(1)8-14(12)10-17-6-4-15-13(9-17)3-5-16-15/h11-16H,1-10H2. The molecule has 2 saturated carbocycles. The van der Waals surface area contributed by atoms with Crippen LogP contribution in [0.1, 0.15) is 38.5 Å². The summed E-state index contributed by atoms with van der Waals surface area (Å²) in [5, 5.41) is 3.67. The normalized spacial score (nSPS) is 49.8. The summed E-state index contributed by atoms with van der Waals surface area (Å²) < 4.78 is 0. The molecule has 2 aliphatic carbocycles. The number of nitrogens with one attached hydrogen (secondary N) is 1. The summed E-state index contributed by atoms with van der Waals surface area (Å²) >= 11 is 0. The smallest absolute Gasteiger partial charge is 0.0120 e. The van der Waals surface area contributed by atoms with Crippen molar-refractivity contribution in [2.45, 2.75) is 44.6 Å². The molecule has 5 atom stereocenters. The van der Waals surface area contributed by atoms with Gasteiger partial charge in [0.05, 0.1) is 0 Å². The predicted molar refractivity (Wildman–Crippen MR) is 69.9 cm³/mol. The maximum atomic E-state index is 3.67. The first-order chi connectivity index (χ1) is 8.38. The fraction of sp³-hybridized carbons (Fsp3) is 1.00. The Balaban J connectivity index is 1.34. The van der Waals surface area contributed by atoms with Crippen LogP contribution in [0.25, 0.3) is 0 Å². The summed E-state index contributed by atoms with van der Waals surface area (Å²) in [5.74, 6) is 4.28. The van der Waals surface area contributed by atoms with E-state index in [1.807, 2.05) is 0 Å². The van der Waals surface area contributed by atoms with Crippen molar-refractivity contribution in [1.29, 1.82) is 0 Å². The Kier molecular flexibility index (Phi) is 2.69. The second-order valence-corrected chi connectivity index (χ2v) is 7.09. The molecule has 0 aromatic carbocycles. The summed E-state index contributed by atoms with van der Waals surface area (Å²) in [6.45, 7) is 5.47. The Bertz CT molecular complexity index is 291. The van der Waals surface area contributed by atoms with Crippen LogP contribution in [-0.4, -0.2) is 37.1 Å². The molecule has 0 spiro atoms. The Hall–Kier alpha value is -0.0800. The Morgan fingerprint density at radius 3 is 2.82 bits per heavy atom. The lowest BCUT2D eigenvalue weighted by Gasteiger charge is -2.37. The first kappa shape index (κ1) is 10.8. The van der Waals surface area contributed by atoms with Gasteiger partial charge in [-0.25, -0.2) is 0 Å². The average molecular weight is 234 g/mol. The van der Waals surface area contributed by atoms with E-state index in [1.165, 1.54) is 39.0 Å². The molecule has 2 heterocycles. The van der Waals surface area contributed by atoms with E-state index >= 15 is 0 Å². The third kappa shape index (κ3) is 1.94. The van der Waals surface area contributed by atoms with Gasteiger partial charge < -0.3 is 10.2 Å². The Labute approximate surface area is 105 Å². The van der Waals surface area contributed by atoms with Crippen LogP contribution < -0.4 is 5.32 Å². The van der Waals surface area contributed by atoms with Crippen LogP contribution >= 0.6 is 0 Å². The Morgan fingerprint density at radius 1 is 1.00 bits per heavy atom. The maximum absolute atomic E-state index is 3.67. The lowest BCUT2D eigenvalue weighted by Crippen LogP contribution is -2.46. The van der Waals surface area contributed by atoms with Gasteiger partial charge in [0.15, 0.2) is 0 Å². The number of fused-ring (bicyclic) bond motifs is 3. The number of nitrogens with zero attached hydrogens (tertiary/aromatic N) is 1. The van der Waals surface area contributed by atoms with Gasteiger partial charge in [-0.15, -0.1) is 0 Å². The highest BCUT2D eigenvalue weighted by molar-refractivity contribution is 4.94. The molecule has 2 nitrogen and oxygen atoms in total. The number of likely N-dealkylation sites (tertiary alicyclic amines) is 1. The van der Waals surface area contributed by atoms with Crippen LogP contribution in [0.15, 0.2) is 0 Å². The number of hydrogen-bond donors (Lipinski definition) is 1. The van der Waals surface area contributed by atoms with E-state index in [0.717, 1.165) is 29.7 Å². The van der Waals surface area contributed by atoms with Crippen molar-refractivity contribution in [1.82, 2.24) is 10.2 Å². The quantitative estimate of drug-likeness (QED) is 0.787. The fourth-order valence-electron chi connectivity index (χ4n) is 5.22.